The summed E-state index contributed by atoms with van der Waals surface area (Å²) >= 11 is 0. The fourth-order valence-corrected chi connectivity index (χ4v) is 7.87. The SMILES string of the molecule is CC(C)=CCC/C(C)=C/CC/C(C)=C/CC/C=C(\C)CC/C=C(\C)CC/C=C(\C)CCC(=O)NCCCCCCNC(=O)CN1CCN(CC(=O)[O-])CCN(CC(=O)[O-])CCN(CC(=O)[O-])CC1.[Gd+3]. The zero-order chi connectivity index (χ0) is 50.5. The molecular formula is C54H89GdN6O8. The fraction of sp³-hybridized carbons (Fsp3) is 0.685. The van der Waals surface area contributed by atoms with E-state index in [9.17, 15) is 39.3 Å². The molecule has 0 unspecified atom stereocenters. The van der Waals surface area contributed by atoms with Crippen molar-refractivity contribution < 1.29 is 79.2 Å². The van der Waals surface area contributed by atoms with E-state index in [4.69, 9.17) is 0 Å². The van der Waals surface area contributed by atoms with E-state index in [1.54, 1.807) is 14.7 Å². The van der Waals surface area contributed by atoms with Gasteiger partial charge in [-0.2, -0.15) is 0 Å². The molecule has 391 valence electrons. The minimum Gasteiger partial charge on any atom is -0.549 e. The number of aliphatic carboxylic acids is 3. The van der Waals surface area contributed by atoms with Crippen molar-refractivity contribution in [1.82, 2.24) is 30.2 Å². The third-order valence-electron chi connectivity index (χ3n) is 12.2. The molecule has 1 saturated heterocycles. The smallest absolute Gasteiger partial charge is 0.549 e. The number of carbonyl (C=O) groups is 5. The van der Waals surface area contributed by atoms with Crippen molar-refractivity contribution in [2.24, 2.45) is 0 Å². The molecule has 1 heterocycles. The van der Waals surface area contributed by atoms with Crippen LogP contribution < -0.4 is 26.0 Å². The first-order valence-corrected chi connectivity index (χ1v) is 25.4. The van der Waals surface area contributed by atoms with Crippen molar-refractivity contribution in [3.63, 3.8) is 0 Å². The summed E-state index contributed by atoms with van der Waals surface area (Å²) in [5, 5.41) is 40.1. The Morgan fingerprint density at radius 3 is 1.00 bits per heavy atom. The Bertz CT molecular complexity index is 1670. The molecule has 0 saturated carbocycles. The quantitative estimate of drug-likeness (QED) is 0.0686. The summed E-state index contributed by atoms with van der Waals surface area (Å²) in [5.74, 6) is -3.93. The maximum atomic E-state index is 12.9. The monoisotopic (exact) mass is 1110 g/mol. The summed E-state index contributed by atoms with van der Waals surface area (Å²) in [6.45, 7) is 17.7. The number of allylic oxidation sites excluding steroid dienone is 12. The first-order valence-electron chi connectivity index (χ1n) is 25.4. The first kappa shape index (κ1) is 66.0. The molecule has 0 aliphatic carbocycles. The van der Waals surface area contributed by atoms with Crippen LogP contribution in [0, 0.1) is 39.9 Å². The van der Waals surface area contributed by atoms with Crippen molar-refractivity contribution >= 4 is 29.7 Å². The van der Waals surface area contributed by atoms with Crippen molar-refractivity contribution in [3.05, 3.63) is 69.9 Å². The minimum absolute atomic E-state index is 0. The summed E-state index contributed by atoms with van der Waals surface area (Å²) in [7, 11) is 0. The number of unbranched alkanes of at least 4 members (excludes halogenated alkanes) is 4. The molecule has 1 rings (SSSR count). The molecule has 14 nitrogen and oxygen atoms in total. The number of hydrogen-bond acceptors (Lipinski definition) is 12. The Balaban J connectivity index is 0.0000462. The van der Waals surface area contributed by atoms with Crippen molar-refractivity contribution in [1.29, 1.82) is 0 Å². The maximum Gasteiger partial charge on any atom is 3.00 e. The van der Waals surface area contributed by atoms with Crippen LogP contribution >= 0.6 is 0 Å². The van der Waals surface area contributed by atoms with E-state index in [1.165, 1.54) is 33.4 Å². The molecule has 0 aromatic carbocycles. The van der Waals surface area contributed by atoms with Crippen LogP contribution in [0.1, 0.15) is 151 Å². The molecular weight excluding hydrogens is 1020 g/mol. The van der Waals surface area contributed by atoms with Gasteiger partial charge in [0.05, 0.1) is 24.5 Å². The van der Waals surface area contributed by atoms with Gasteiger partial charge in [0.2, 0.25) is 11.8 Å². The predicted molar refractivity (Wildman–Crippen MR) is 269 cm³/mol. The van der Waals surface area contributed by atoms with E-state index in [-0.39, 0.29) is 104 Å². The number of carbonyl (C=O) groups excluding carboxylic acids is 5. The second-order valence-electron chi connectivity index (χ2n) is 19.1. The third kappa shape index (κ3) is 40.3. The molecule has 2 N–H and O–H groups in total. The molecule has 1 radical (unpaired) electrons. The number of rotatable bonds is 33. The molecule has 0 atom stereocenters. The largest absolute Gasteiger partial charge is 3.00 e. The van der Waals surface area contributed by atoms with Gasteiger partial charge in [-0.15, -0.1) is 0 Å². The van der Waals surface area contributed by atoms with Crippen LogP contribution in [0.4, 0.5) is 0 Å². The molecule has 15 heteroatoms. The van der Waals surface area contributed by atoms with Gasteiger partial charge in [0.25, 0.3) is 0 Å². The summed E-state index contributed by atoms with van der Waals surface area (Å²) in [6.07, 6.45) is 29.7. The van der Waals surface area contributed by atoms with Gasteiger partial charge < -0.3 is 40.3 Å². The van der Waals surface area contributed by atoms with Crippen LogP contribution in [-0.2, 0) is 24.0 Å². The van der Waals surface area contributed by atoms with Crippen LogP contribution in [0.5, 0.6) is 0 Å². The third-order valence-corrected chi connectivity index (χ3v) is 12.2. The summed E-state index contributed by atoms with van der Waals surface area (Å²) < 4.78 is 0. The number of nitrogens with zero attached hydrogens (tertiary/aromatic N) is 4. The Morgan fingerprint density at radius 2 is 0.667 bits per heavy atom. The van der Waals surface area contributed by atoms with Gasteiger partial charge >= 0.3 is 39.9 Å². The molecule has 1 aliphatic rings. The second-order valence-corrected chi connectivity index (χ2v) is 19.1. The van der Waals surface area contributed by atoms with Gasteiger partial charge in [0, 0.05) is 91.5 Å². The molecule has 2 amide bonds. The molecule has 0 aromatic rings. The van der Waals surface area contributed by atoms with Gasteiger partial charge in [-0.3, -0.25) is 29.2 Å². The van der Waals surface area contributed by atoms with E-state index in [0.717, 1.165) is 96.3 Å². The molecule has 69 heavy (non-hydrogen) atoms. The van der Waals surface area contributed by atoms with Crippen molar-refractivity contribution in [3.8, 4) is 0 Å². The number of amides is 2. The van der Waals surface area contributed by atoms with Crippen LogP contribution in [-0.4, -0.2) is 141 Å². The van der Waals surface area contributed by atoms with E-state index in [2.05, 4.69) is 95.6 Å². The number of nitrogens with one attached hydrogen (secondary N) is 2. The van der Waals surface area contributed by atoms with Gasteiger partial charge in [-0.25, -0.2) is 0 Å². The summed E-state index contributed by atoms with van der Waals surface area (Å²) in [4.78, 5) is 66.2. The molecule has 0 aromatic heterocycles. The number of hydrogen-bond donors (Lipinski definition) is 2. The zero-order valence-corrected chi connectivity index (χ0v) is 45.9. The standard InChI is InChI=1S/C54H92N6O8.Gd/c1-44(2)18-14-21-47(5)24-15-22-45(3)19-10-11-20-46(4)23-16-25-48(6)26-17-27-49(7)28-29-50(61)55-30-12-8-9-13-31-56-51(62)40-57-32-34-58(41-52(63)64)36-38-60(43-54(67)68)39-37-59(35-33-57)42-53(65)66;/h18-20,24-25,27H,8-17,21-23,26,28-43H2,1-7H3,(H,55,61)(H,56,62)(H,63,64)(H,65,66)(H,67,68);/q;+3/p-3/b45-19+,46-20+,47-24+,48-25+,49-27+;. The molecule has 1 aliphatic heterocycles. The summed E-state index contributed by atoms with van der Waals surface area (Å²) in [6, 6.07) is 0. The number of carboxylic acids is 3. The average Bonchev–Trinajstić information content (AvgIpc) is 3.25. The van der Waals surface area contributed by atoms with Crippen LogP contribution in [0.2, 0.25) is 0 Å². The van der Waals surface area contributed by atoms with Crippen molar-refractivity contribution in [2.75, 3.05) is 91.6 Å². The van der Waals surface area contributed by atoms with Gasteiger partial charge in [-0.05, 0) is 132 Å². The van der Waals surface area contributed by atoms with E-state index in [1.807, 2.05) is 4.90 Å². The zero-order valence-electron chi connectivity index (χ0n) is 43.6. The normalized spacial score (nSPS) is 16.0. The Labute approximate surface area is 448 Å². The maximum absolute atomic E-state index is 12.9. The van der Waals surface area contributed by atoms with Crippen molar-refractivity contribution in [2.45, 2.75) is 151 Å². The topological polar surface area (TPSA) is 192 Å². The van der Waals surface area contributed by atoms with Crippen LogP contribution in [0.3, 0.4) is 0 Å². The number of carboxylic acid groups (broad SMARTS) is 3. The van der Waals surface area contributed by atoms with Gasteiger partial charge in [0.1, 0.15) is 0 Å². The molecule has 1 fully saturated rings. The van der Waals surface area contributed by atoms with E-state index >= 15 is 0 Å². The minimum atomic E-state index is -1.28. The fourth-order valence-electron chi connectivity index (χ4n) is 7.87. The van der Waals surface area contributed by atoms with Gasteiger partial charge in [0.15, 0.2) is 0 Å². The Kier molecular flexibility index (Phi) is 39.7. The Morgan fingerprint density at radius 1 is 0.377 bits per heavy atom. The first-order chi connectivity index (χ1) is 32.4. The van der Waals surface area contributed by atoms with Gasteiger partial charge in [-0.1, -0.05) is 82.7 Å². The van der Waals surface area contributed by atoms with E-state index < -0.39 is 17.9 Å². The van der Waals surface area contributed by atoms with E-state index in [0.29, 0.717) is 45.7 Å². The average molecular weight is 1110 g/mol. The van der Waals surface area contributed by atoms with Crippen LogP contribution in [0.25, 0.3) is 0 Å². The predicted octanol–water partition coefficient (Wildman–Crippen LogP) is 4.63. The molecule has 0 bridgehead atoms. The Hall–Kier alpha value is -3.05. The second kappa shape index (κ2) is 41.6. The molecule has 0 spiro atoms. The summed E-state index contributed by atoms with van der Waals surface area (Å²) in [5.41, 5.74) is 8.48. The van der Waals surface area contributed by atoms with Crippen LogP contribution in [0.15, 0.2) is 69.9 Å².